The summed E-state index contributed by atoms with van der Waals surface area (Å²) in [6, 6.07) is 0. The third-order valence-electron chi connectivity index (χ3n) is 9.24. The predicted molar refractivity (Wildman–Crippen MR) is 228 cm³/mol. The van der Waals surface area contributed by atoms with Crippen molar-refractivity contribution >= 4 is 17.9 Å². The molecule has 0 saturated heterocycles. The summed E-state index contributed by atoms with van der Waals surface area (Å²) in [5, 5.41) is 0. The predicted octanol–water partition coefficient (Wildman–Crippen LogP) is 14.1. The first-order valence-corrected chi connectivity index (χ1v) is 22.3. The number of esters is 3. The first-order valence-electron chi connectivity index (χ1n) is 22.3. The topological polar surface area (TPSA) is 78.9 Å². The van der Waals surface area contributed by atoms with Crippen LogP contribution in [0.15, 0.2) is 60.8 Å². The average Bonchev–Trinajstić information content (AvgIpc) is 3.17. The van der Waals surface area contributed by atoms with E-state index in [0.717, 1.165) is 77.0 Å². The van der Waals surface area contributed by atoms with Gasteiger partial charge in [-0.1, -0.05) is 159 Å². The maximum Gasteiger partial charge on any atom is 0.306 e. The maximum absolute atomic E-state index is 12.7. The minimum absolute atomic E-state index is 0.115. The van der Waals surface area contributed by atoms with Crippen LogP contribution in [0.4, 0.5) is 0 Å². The lowest BCUT2D eigenvalue weighted by Crippen LogP contribution is -2.30. The summed E-state index contributed by atoms with van der Waals surface area (Å²) >= 11 is 0. The van der Waals surface area contributed by atoms with Crippen LogP contribution in [0.5, 0.6) is 0 Å². The zero-order valence-electron chi connectivity index (χ0n) is 35.2. The molecule has 310 valence electrons. The van der Waals surface area contributed by atoms with E-state index in [-0.39, 0.29) is 31.6 Å². The van der Waals surface area contributed by atoms with Crippen molar-refractivity contribution in [3.63, 3.8) is 0 Å². The van der Waals surface area contributed by atoms with E-state index in [9.17, 15) is 14.4 Å². The van der Waals surface area contributed by atoms with Gasteiger partial charge in [-0.3, -0.25) is 14.4 Å². The second-order valence-electron chi connectivity index (χ2n) is 14.6. The summed E-state index contributed by atoms with van der Waals surface area (Å²) in [4.78, 5) is 37.6. The Hall–Kier alpha value is -2.89. The SMILES string of the molecule is CC/C=C\C/C=C\CCCCC(=O)OCC(COC(=O)CCCCC/C=C\CCCCCCCCC)OC(=O)CC/C=C\C/C=C\CCCCCCCC. The lowest BCUT2D eigenvalue weighted by molar-refractivity contribution is -0.166. The number of ether oxygens (including phenoxy) is 3. The van der Waals surface area contributed by atoms with Crippen molar-refractivity contribution in [2.45, 2.75) is 213 Å². The molecule has 0 aromatic rings. The van der Waals surface area contributed by atoms with E-state index in [1.165, 1.54) is 83.5 Å². The first-order chi connectivity index (χ1) is 26.5. The van der Waals surface area contributed by atoms with Crippen LogP contribution in [-0.4, -0.2) is 37.2 Å². The fourth-order valence-corrected chi connectivity index (χ4v) is 5.88. The highest BCUT2D eigenvalue weighted by Gasteiger charge is 2.19. The van der Waals surface area contributed by atoms with Crippen LogP contribution in [0.25, 0.3) is 0 Å². The van der Waals surface area contributed by atoms with E-state index >= 15 is 0 Å². The highest BCUT2D eigenvalue weighted by Crippen LogP contribution is 2.12. The van der Waals surface area contributed by atoms with Crippen LogP contribution in [0.1, 0.15) is 207 Å². The number of allylic oxidation sites excluding steroid dienone is 10. The average molecular weight is 755 g/mol. The summed E-state index contributed by atoms with van der Waals surface area (Å²) in [6.07, 6.45) is 50.9. The largest absolute Gasteiger partial charge is 0.462 e. The number of carbonyl (C=O) groups excluding carboxylic acids is 3. The van der Waals surface area contributed by atoms with Crippen LogP contribution in [0, 0.1) is 0 Å². The first kappa shape index (κ1) is 51.1. The molecule has 54 heavy (non-hydrogen) atoms. The lowest BCUT2D eigenvalue weighted by Gasteiger charge is -2.18. The Morgan fingerprint density at radius 1 is 0.389 bits per heavy atom. The monoisotopic (exact) mass is 755 g/mol. The second-order valence-corrected chi connectivity index (χ2v) is 14.6. The van der Waals surface area contributed by atoms with Crippen molar-refractivity contribution in [1.82, 2.24) is 0 Å². The van der Waals surface area contributed by atoms with E-state index in [2.05, 4.69) is 75.5 Å². The molecular formula is C48H82O6. The third-order valence-corrected chi connectivity index (χ3v) is 9.24. The molecule has 0 aliphatic rings. The van der Waals surface area contributed by atoms with Gasteiger partial charge in [0.25, 0.3) is 0 Å². The second kappa shape index (κ2) is 42.8. The van der Waals surface area contributed by atoms with Gasteiger partial charge in [-0.25, -0.2) is 0 Å². The van der Waals surface area contributed by atoms with E-state index < -0.39 is 12.1 Å². The van der Waals surface area contributed by atoms with Gasteiger partial charge in [0.1, 0.15) is 13.2 Å². The molecule has 1 unspecified atom stereocenters. The molecule has 0 bridgehead atoms. The molecule has 0 saturated carbocycles. The number of unbranched alkanes of at least 4 members (excludes halogenated alkanes) is 18. The summed E-state index contributed by atoms with van der Waals surface area (Å²) in [5.74, 6) is -1.04. The molecular weight excluding hydrogens is 673 g/mol. The molecule has 0 radical (unpaired) electrons. The van der Waals surface area contributed by atoms with Crippen LogP contribution in [-0.2, 0) is 28.6 Å². The molecule has 0 spiro atoms. The summed E-state index contributed by atoms with van der Waals surface area (Å²) in [5.41, 5.74) is 0. The Morgan fingerprint density at radius 2 is 0.759 bits per heavy atom. The molecule has 0 N–H and O–H groups in total. The van der Waals surface area contributed by atoms with Crippen LogP contribution in [0.3, 0.4) is 0 Å². The standard InChI is InChI=1S/C48H82O6/c1-4-7-10-13-16-19-21-23-25-26-29-32-35-38-41-47(50)53-44-45(43-52-46(49)40-37-34-31-28-18-15-12-9-6-3)54-48(51)42-39-36-33-30-27-24-22-20-17-14-11-8-5-2/h9,12,18,24-28,33,36,45H,4-8,10-11,13-17,19-23,29-32,34-35,37-44H2,1-3H3/b12-9-,26-25-,27-24-,28-18-,36-33-. The fraction of sp³-hybridized carbons (Fsp3) is 0.729. The number of carbonyl (C=O) groups is 3. The number of rotatable bonds is 39. The zero-order chi connectivity index (χ0) is 39.4. The molecule has 0 aromatic carbocycles. The van der Waals surface area contributed by atoms with Crippen LogP contribution in [0.2, 0.25) is 0 Å². The highest BCUT2D eigenvalue weighted by molar-refractivity contribution is 5.71. The molecule has 6 nitrogen and oxygen atoms in total. The Bertz CT molecular complexity index is 1010. The van der Waals surface area contributed by atoms with Crippen molar-refractivity contribution in [2.75, 3.05) is 13.2 Å². The highest BCUT2D eigenvalue weighted by atomic mass is 16.6. The van der Waals surface area contributed by atoms with Crippen LogP contribution >= 0.6 is 0 Å². The van der Waals surface area contributed by atoms with Crippen molar-refractivity contribution in [3.05, 3.63) is 60.8 Å². The molecule has 0 aliphatic carbocycles. The Labute approximate surface area is 332 Å². The summed E-state index contributed by atoms with van der Waals surface area (Å²) in [7, 11) is 0. The van der Waals surface area contributed by atoms with Gasteiger partial charge in [-0.2, -0.15) is 0 Å². The van der Waals surface area contributed by atoms with Crippen molar-refractivity contribution in [1.29, 1.82) is 0 Å². The molecule has 1 atom stereocenters. The van der Waals surface area contributed by atoms with E-state index in [0.29, 0.717) is 19.3 Å². The Kier molecular flexibility index (Phi) is 40.6. The van der Waals surface area contributed by atoms with Gasteiger partial charge in [0.15, 0.2) is 6.10 Å². The van der Waals surface area contributed by atoms with E-state index in [4.69, 9.17) is 14.2 Å². The van der Waals surface area contributed by atoms with Crippen molar-refractivity contribution in [2.24, 2.45) is 0 Å². The smallest absolute Gasteiger partial charge is 0.306 e. The van der Waals surface area contributed by atoms with Gasteiger partial charge in [0, 0.05) is 19.3 Å². The lowest BCUT2D eigenvalue weighted by atomic mass is 10.1. The maximum atomic E-state index is 12.7. The minimum Gasteiger partial charge on any atom is -0.462 e. The van der Waals surface area contributed by atoms with Gasteiger partial charge in [-0.05, 0) is 89.9 Å². The fourth-order valence-electron chi connectivity index (χ4n) is 5.88. The van der Waals surface area contributed by atoms with Gasteiger partial charge in [0.2, 0.25) is 0 Å². The third kappa shape index (κ3) is 40.3. The Morgan fingerprint density at radius 3 is 1.24 bits per heavy atom. The molecule has 0 heterocycles. The van der Waals surface area contributed by atoms with Gasteiger partial charge in [-0.15, -0.1) is 0 Å². The molecule has 0 aliphatic heterocycles. The normalized spacial score (nSPS) is 12.6. The zero-order valence-corrected chi connectivity index (χ0v) is 35.2. The van der Waals surface area contributed by atoms with Crippen molar-refractivity contribution in [3.8, 4) is 0 Å². The van der Waals surface area contributed by atoms with Crippen LogP contribution < -0.4 is 0 Å². The molecule has 0 fully saturated rings. The molecule has 0 amide bonds. The molecule has 0 aromatic heterocycles. The van der Waals surface area contributed by atoms with Gasteiger partial charge in [0.05, 0.1) is 0 Å². The quantitative estimate of drug-likeness (QED) is 0.0269. The molecule has 6 heteroatoms. The van der Waals surface area contributed by atoms with E-state index in [1.807, 2.05) is 6.08 Å². The number of hydrogen-bond acceptors (Lipinski definition) is 6. The van der Waals surface area contributed by atoms with Gasteiger partial charge < -0.3 is 14.2 Å². The minimum atomic E-state index is -0.820. The van der Waals surface area contributed by atoms with E-state index in [1.54, 1.807) is 0 Å². The summed E-state index contributed by atoms with van der Waals surface area (Å²) < 4.78 is 16.6. The van der Waals surface area contributed by atoms with Crippen molar-refractivity contribution < 1.29 is 28.6 Å². The summed E-state index contributed by atoms with van der Waals surface area (Å²) in [6.45, 7) is 6.38. The number of hydrogen-bond donors (Lipinski definition) is 0. The van der Waals surface area contributed by atoms with Gasteiger partial charge >= 0.3 is 17.9 Å². The molecule has 0 rings (SSSR count). The Balaban J connectivity index is 4.49.